The molecule has 2 amide bonds. The zero-order valence-electron chi connectivity index (χ0n) is 30.0. The minimum absolute atomic E-state index is 0.208. The Bertz CT molecular complexity index is 1660. The number of ether oxygens (including phenoxy) is 2. The van der Waals surface area contributed by atoms with E-state index in [0.29, 0.717) is 56.1 Å². The van der Waals surface area contributed by atoms with Crippen molar-refractivity contribution in [3.05, 3.63) is 59.7 Å². The molecule has 7 rings (SSSR count). The van der Waals surface area contributed by atoms with Crippen molar-refractivity contribution in [1.29, 1.82) is 0 Å². The predicted octanol–water partition coefficient (Wildman–Crippen LogP) is 6.44. The molecule has 50 heavy (non-hydrogen) atoms. The molecular formula is C39H52N6O5. The first-order chi connectivity index (χ1) is 24.2. The summed E-state index contributed by atoms with van der Waals surface area (Å²) in [5.41, 5.74) is 3.09. The second-order valence-electron chi connectivity index (χ2n) is 15.4. The lowest BCUT2D eigenvalue weighted by molar-refractivity contribution is -0.149. The van der Waals surface area contributed by atoms with Crippen molar-refractivity contribution < 1.29 is 23.5 Å². The van der Waals surface area contributed by atoms with E-state index in [1.807, 2.05) is 39.2 Å². The van der Waals surface area contributed by atoms with Gasteiger partial charge < -0.3 is 29.0 Å². The van der Waals surface area contributed by atoms with Crippen LogP contribution in [0.2, 0.25) is 0 Å². The van der Waals surface area contributed by atoms with Crippen LogP contribution in [0.3, 0.4) is 0 Å². The molecule has 11 nitrogen and oxygen atoms in total. The molecule has 2 atom stereocenters. The molecule has 1 N–H and O–H groups in total. The summed E-state index contributed by atoms with van der Waals surface area (Å²) in [6, 6.07) is 8.03. The van der Waals surface area contributed by atoms with Crippen LogP contribution in [0.25, 0.3) is 11.3 Å². The normalized spacial score (nSPS) is 25.6. The van der Waals surface area contributed by atoms with Gasteiger partial charge in [-0.3, -0.25) is 14.8 Å². The lowest BCUT2D eigenvalue weighted by Crippen LogP contribution is -2.60. The minimum Gasteiger partial charge on any atom is -0.495 e. The van der Waals surface area contributed by atoms with Crippen LogP contribution in [0.5, 0.6) is 5.75 Å². The van der Waals surface area contributed by atoms with Crippen LogP contribution in [-0.4, -0.2) is 89.7 Å². The SMILES string of the molecule is COc1ccc([C@H]2CC[C@H](CNC(=O)C3(OC(=O)N4CC(CN(C)C)C4)CCCCC3c3cc(-c4coc(C5CC5)n4)ccn3)CC2)nc1C. The van der Waals surface area contributed by atoms with E-state index in [1.165, 1.54) is 0 Å². The second-order valence-corrected chi connectivity index (χ2v) is 15.4. The zero-order valence-corrected chi connectivity index (χ0v) is 30.0. The number of amides is 2. The number of likely N-dealkylation sites (tertiary alicyclic amines) is 1. The topological polar surface area (TPSA) is 123 Å². The number of carbonyl (C=O) groups is 2. The van der Waals surface area contributed by atoms with E-state index in [-0.39, 0.29) is 11.8 Å². The standard InChI is InChI=1S/C39H52N6O5/c1-25-35(48-4)15-14-32(42-25)28-10-8-26(9-11-28)20-41-37(46)39(50-38(47)45-22-27(23-45)21-44(2)3)17-6-5-7-31(39)33-19-30(16-18-40-33)34-24-49-36(43-34)29-12-13-29/h14-16,18-19,24,26-29,31H,5-13,17,20-23H2,1-4H3,(H,41,46)/t26-,28-,31?,39?. The Balaban J connectivity index is 1.07. The molecule has 4 aliphatic rings. The molecule has 11 heteroatoms. The number of aryl methyl sites for hydroxylation is 1. The summed E-state index contributed by atoms with van der Waals surface area (Å²) < 4.78 is 17.7. The van der Waals surface area contributed by atoms with Crippen molar-refractivity contribution >= 4 is 12.0 Å². The van der Waals surface area contributed by atoms with E-state index in [2.05, 4.69) is 16.3 Å². The Morgan fingerprint density at radius 1 is 0.980 bits per heavy atom. The van der Waals surface area contributed by atoms with Gasteiger partial charge in [-0.25, -0.2) is 9.78 Å². The lowest BCUT2D eigenvalue weighted by atomic mass is 9.72. The highest BCUT2D eigenvalue weighted by atomic mass is 16.6. The monoisotopic (exact) mass is 684 g/mol. The second kappa shape index (κ2) is 14.7. The molecule has 4 fully saturated rings. The number of carbonyl (C=O) groups excluding carboxylic acids is 2. The highest BCUT2D eigenvalue weighted by molar-refractivity contribution is 5.89. The first-order valence-electron chi connectivity index (χ1n) is 18.6. The molecule has 0 aromatic carbocycles. The summed E-state index contributed by atoms with van der Waals surface area (Å²) in [6.07, 6.45) is 12.2. The van der Waals surface area contributed by atoms with Gasteiger partial charge in [-0.1, -0.05) is 6.42 Å². The van der Waals surface area contributed by atoms with Crippen LogP contribution in [0.1, 0.15) is 105 Å². The van der Waals surface area contributed by atoms with E-state index in [0.717, 1.165) is 97.9 Å². The minimum atomic E-state index is -1.35. The van der Waals surface area contributed by atoms with Gasteiger partial charge in [0.15, 0.2) is 11.5 Å². The largest absolute Gasteiger partial charge is 0.495 e. The van der Waals surface area contributed by atoms with Crippen molar-refractivity contribution in [2.24, 2.45) is 11.8 Å². The summed E-state index contributed by atoms with van der Waals surface area (Å²) in [6.45, 7) is 4.72. The highest BCUT2D eigenvalue weighted by Gasteiger charge is 2.53. The Kier molecular flexibility index (Phi) is 10.1. The molecule has 0 radical (unpaired) electrons. The molecule has 3 aromatic heterocycles. The smallest absolute Gasteiger partial charge is 0.410 e. The Hall–Kier alpha value is -3.99. The number of hydrogen-bond donors (Lipinski definition) is 1. The third-order valence-electron chi connectivity index (χ3n) is 11.3. The number of hydrogen-bond acceptors (Lipinski definition) is 9. The number of nitrogens with one attached hydrogen (secondary N) is 1. The number of rotatable bonds is 11. The Labute approximate surface area is 295 Å². The molecule has 4 heterocycles. The van der Waals surface area contributed by atoms with Gasteiger partial charge >= 0.3 is 6.09 Å². The third-order valence-corrected chi connectivity index (χ3v) is 11.3. The zero-order chi connectivity index (χ0) is 34.8. The average Bonchev–Trinajstić information content (AvgIpc) is 3.84. The third kappa shape index (κ3) is 7.38. The van der Waals surface area contributed by atoms with Crippen molar-refractivity contribution in [2.75, 3.05) is 47.4 Å². The van der Waals surface area contributed by atoms with Gasteiger partial charge in [0.2, 0.25) is 0 Å². The number of methoxy groups -OCH3 is 1. The molecule has 0 bridgehead atoms. The van der Waals surface area contributed by atoms with E-state index in [1.54, 1.807) is 24.5 Å². The van der Waals surface area contributed by atoms with Crippen molar-refractivity contribution in [1.82, 2.24) is 30.1 Å². The van der Waals surface area contributed by atoms with Crippen molar-refractivity contribution in [3.63, 3.8) is 0 Å². The average molecular weight is 685 g/mol. The van der Waals surface area contributed by atoms with Crippen LogP contribution in [0, 0.1) is 18.8 Å². The maximum atomic E-state index is 14.6. The molecule has 3 saturated carbocycles. The molecule has 3 aromatic rings. The fraction of sp³-hybridized carbons (Fsp3) is 0.615. The highest BCUT2D eigenvalue weighted by Crippen LogP contribution is 2.45. The molecule has 1 saturated heterocycles. The number of aromatic nitrogens is 3. The fourth-order valence-corrected chi connectivity index (χ4v) is 8.34. The van der Waals surface area contributed by atoms with Crippen LogP contribution in [0.15, 0.2) is 41.1 Å². The maximum absolute atomic E-state index is 14.6. The van der Waals surface area contributed by atoms with Crippen molar-refractivity contribution in [2.45, 2.75) is 94.5 Å². The molecule has 3 aliphatic carbocycles. The van der Waals surface area contributed by atoms with Gasteiger partial charge in [-0.15, -0.1) is 0 Å². The Morgan fingerprint density at radius 2 is 1.76 bits per heavy atom. The molecule has 268 valence electrons. The summed E-state index contributed by atoms with van der Waals surface area (Å²) >= 11 is 0. The van der Waals surface area contributed by atoms with E-state index >= 15 is 0 Å². The van der Waals surface area contributed by atoms with E-state index in [9.17, 15) is 9.59 Å². The summed E-state index contributed by atoms with van der Waals surface area (Å²) in [5, 5.41) is 3.30. The van der Waals surface area contributed by atoms with E-state index in [4.69, 9.17) is 28.8 Å². The lowest BCUT2D eigenvalue weighted by Gasteiger charge is -2.45. The van der Waals surface area contributed by atoms with Crippen LogP contribution >= 0.6 is 0 Å². The summed E-state index contributed by atoms with van der Waals surface area (Å²) in [4.78, 5) is 46.6. The van der Waals surface area contributed by atoms with Gasteiger partial charge in [-0.05, 0) is 109 Å². The van der Waals surface area contributed by atoms with Crippen LogP contribution < -0.4 is 10.1 Å². The van der Waals surface area contributed by atoms with Crippen molar-refractivity contribution in [3.8, 4) is 17.0 Å². The molecule has 2 unspecified atom stereocenters. The number of oxazole rings is 1. The van der Waals surface area contributed by atoms with Gasteiger partial charge in [-0.2, -0.15) is 0 Å². The van der Waals surface area contributed by atoms with Gasteiger partial charge in [0.25, 0.3) is 5.91 Å². The number of nitrogens with zero attached hydrogens (tertiary/aromatic N) is 5. The molecular weight excluding hydrogens is 632 g/mol. The maximum Gasteiger partial charge on any atom is 0.410 e. The van der Waals surface area contributed by atoms with Crippen LogP contribution in [0.4, 0.5) is 4.79 Å². The first kappa shape index (κ1) is 34.5. The summed E-state index contributed by atoms with van der Waals surface area (Å²) in [5.74, 6) is 2.57. The molecule has 1 aliphatic heterocycles. The van der Waals surface area contributed by atoms with Gasteiger partial charge in [0.05, 0.1) is 18.7 Å². The van der Waals surface area contributed by atoms with Gasteiger partial charge in [0.1, 0.15) is 17.7 Å². The Morgan fingerprint density at radius 3 is 2.48 bits per heavy atom. The summed E-state index contributed by atoms with van der Waals surface area (Å²) in [7, 11) is 5.76. The van der Waals surface area contributed by atoms with Gasteiger partial charge in [0, 0.05) is 67.1 Å². The molecule has 0 spiro atoms. The first-order valence-corrected chi connectivity index (χ1v) is 18.6. The van der Waals surface area contributed by atoms with E-state index < -0.39 is 11.7 Å². The van der Waals surface area contributed by atoms with Crippen LogP contribution in [-0.2, 0) is 9.53 Å². The fourth-order valence-electron chi connectivity index (χ4n) is 8.34. The predicted molar refractivity (Wildman–Crippen MR) is 189 cm³/mol. The quantitative estimate of drug-likeness (QED) is 0.243. The number of pyridine rings is 2.